The van der Waals surface area contributed by atoms with Crippen LogP contribution in [0.5, 0.6) is 0 Å². The average molecular weight is 943 g/mol. The van der Waals surface area contributed by atoms with Crippen LogP contribution >= 0.6 is 0 Å². The van der Waals surface area contributed by atoms with Crippen LogP contribution in [-0.2, 0) is 10.8 Å². The van der Waals surface area contributed by atoms with Gasteiger partial charge >= 0.3 is 0 Å². The molecule has 0 heteroatoms. The van der Waals surface area contributed by atoms with E-state index >= 15 is 0 Å². The molecular weight excluding hydrogens is 889 g/mol. The zero-order valence-electron chi connectivity index (χ0n) is 42.2. The van der Waals surface area contributed by atoms with Gasteiger partial charge in [-0.25, -0.2) is 0 Å². The molecule has 0 radical (unpaired) electrons. The van der Waals surface area contributed by atoms with Crippen LogP contribution in [0, 0.1) is 0 Å². The third-order valence-electron chi connectivity index (χ3n) is 16.7. The van der Waals surface area contributed by atoms with Gasteiger partial charge in [-0.3, -0.25) is 0 Å². The fourth-order valence-electron chi connectivity index (χ4n) is 12.4. The Hall–Kier alpha value is -8.84. The molecule has 12 aromatic carbocycles. The molecule has 0 atom stereocenters. The van der Waals surface area contributed by atoms with Gasteiger partial charge in [0.1, 0.15) is 0 Å². The summed E-state index contributed by atoms with van der Waals surface area (Å²) >= 11 is 0. The van der Waals surface area contributed by atoms with Crippen LogP contribution in [0.4, 0.5) is 0 Å². The maximum absolute atomic E-state index is 2.43. The molecule has 0 nitrogen and oxygen atoms in total. The second kappa shape index (κ2) is 16.9. The molecule has 0 saturated carbocycles. The van der Waals surface area contributed by atoms with E-state index in [4.69, 9.17) is 0 Å². The molecule has 2 aliphatic carbocycles. The Bertz CT molecular complexity index is 3940. The van der Waals surface area contributed by atoms with Gasteiger partial charge in [0.25, 0.3) is 0 Å². The molecule has 12 aromatic rings. The average Bonchev–Trinajstić information content (AvgIpc) is 3.83. The van der Waals surface area contributed by atoms with E-state index in [-0.39, 0.29) is 10.8 Å². The number of hydrogen-bond donors (Lipinski definition) is 0. The van der Waals surface area contributed by atoms with Crippen molar-refractivity contribution in [1.29, 1.82) is 0 Å². The van der Waals surface area contributed by atoms with Gasteiger partial charge in [0.2, 0.25) is 0 Å². The highest BCUT2D eigenvalue weighted by atomic mass is 14.4. The molecule has 0 aromatic heterocycles. The molecule has 0 heterocycles. The molecule has 0 bridgehead atoms. The SMILES string of the molecule is CC1(C)c2cc(-c3ccc(-c4ccc(-c5ccc6c(c5)C(C)(C)c5cc(-c7cccc(-c8ccc9ccccc9c8)c7)ccc5-6)cc4)cc3)ccc2-c2ccc(-c3cccc(-c4ccc5ccccc5c4)c3)cc21. The van der Waals surface area contributed by atoms with Crippen molar-refractivity contribution in [2.75, 3.05) is 0 Å². The molecule has 0 spiro atoms. The monoisotopic (exact) mass is 942 g/mol. The molecule has 0 unspecified atom stereocenters. The normalized spacial score (nSPS) is 13.6. The summed E-state index contributed by atoms with van der Waals surface area (Å²) in [7, 11) is 0. The van der Waals surface area contributed by atoms with Crippen LogP contribution in [0.15, 0.2) is 255 Å². The Morgan fingerprint density at radius 3 is 0.730 bits per heavy atom. The standard InChI is InChI=1S/C74H54/c1-73(2)69-43-61(31-35-65(69)67-37-33-63(45-71(67)73)57-17-9-15-55(41-57)59-29-27-47-11-5-7-13-53(47)39-59)51-23-19-49(20-24-51)50-21-25-52(26-22-50)62-32-36-66-68-38-34-64(46-72(68)74(3,4)70(66)44-62)58-18-10-16-56(42-58)60-30-28-48-12-6-8-14-54(48)40-60/h5-46H,1-4H3. The first-order chi connectivity index (χ1) is 36.1. The molecular formula is C74H54. The van der Waals surface area contributed by atoms with Crippen molar-refractivity contribution in [2.24, 2.45) is 0 Å². The molecule has 350 valence electrons. The summed E-state index contributed by atoms with van der Waals surface area (Å²) < 4.78 is 0. The van der Waals surface area contributed by atoms with Crippen molar-refractivity contribution in [3.8, 4) is 100 Å². The van der Waals surface area contributed by atoms with E-state index in [0.29, 0.717) is 0 Å². The first-order valence-electron chi connectivity index (χ1n) is 26.1. The van der Waals surface area contributed by atoms with Crippen molar-refractivity contribution in [3.63, 3.8) is 0 Å². The zero-order valence-corrected chi connectivity index (χ0v) is 42.2. The largest absolute Gasteiger partial charge is 0.0616 e. The molecule has 0 fully saturated rings. The summed E-state index contributed by atoms with van der Waals surface area (Å²) in [5, 5.41) is 5.07. The molecule has 0 N–H and O–H groups in total. The molecule has 14 rings (SSSR count). The minimum absolute atomic E-state index is 0.136. The van der Waals surface area contributed by atoms with Gasteiger partial charge < -0.3 is 0 Å². The molecule has 74 heavy (non-hydrogen) atoms. The summed E-state index contributed by atoms with van der Waals surface area (Å²) in [4.78, 5) is 0. The van der Waals surface area contributed by atoms with Gasteiger partial charge in [-0.2, -0.15) is 0 Å². The fourth-order valence-corrected chi connectivity index (χ4v) is 12.4. The molecule has 2 aliphatic rings. The highest BCUT2D eigenvalue weighted by molar-refractivity contribution is 5.92. The summed E-state index contributed by atoms with van der Waals surface area (Å²) in [6.07, 6.45) is 0. The summed E-state index contributed by atoms with van der Waals surface area (Å²) in [5.74, 6) is 0. The van der Waals surface area contributed by atoms with Gasteiger partial charge in [-0.15, -0.1) is 0 Å². The summed E-state index contributed by atoms with van der Waals surface area (Å²) in [6.45, 7) is 9.54. The lowest BCUT2D eigenvalue weighted by Crippen LogP contribution is -2.15. The van der Waals surface area contributed by atoms with E-state index in [1.165, 1.54) is 144 Å². The van der Waals surface area contributed by atoms with Crippen molar-refractivity contribution in [3.05, 3.63) is 277 Å². The quantitative estimate of drug-likeness (QED) is 0.149. The highest BCUT2D eigenvalue weighted by Gasteiger charge is 2.37. The van der Waals surface area contributed by atoms with E-state index in [2.05, 4.69) is 282 Å². The number of rotatable bonds is 7. The predicted octanol–water partition coefficient (Wildman–Crippen LogP) is 20.3. The van der Waals surface area contributed by atoms with E-state index in [9.17, 15) is 0 Å². The zero-order chi connectivity index (χ0) is 49.7. The Labute approximate surface area is 434 Å². The van der Waals surface area contributed by atoms with Crippen molar-refractivity contribution in [1.82, 2.24) is 0 Å². The number of fused-ring (bicyclic) bond motifs is 8. The first-order valence-corrected chi connectivity index (χ1v) is 26.1. The first kappa shape index (κ1) is 43.9. The van der Waals surface area contributed by atoms with Gasteiger partial charge in [-0.05, 0) is 192 Å². The van der Waals surface area contributed by atoms with Crippen molar-refractivity contribution < 1.29 is 0 Å². The number of hydrogen-bond acceptors (Lipinski definition) is 0. The lowest BCUT2D eigenvalue weighted by Gasteiger charge is -2.23. The van der Waals surface area contributed by atoms with Crippen molar-refractivity contribution >= 4 is 21.5 Å². The molecule has 0 aliphatic heterocycles. The van der Waals surface area contributed by atoms with Gasteiger partial charge in [0.05, 0.1) is 0 Å². The van der Waals surface area contributed by atoms with Crippen LogP contribution < -0.4 is 0 Å². The van der Waals surface area contributed by atoms with Crippen LogP contribution in [0.3, 0.4) is 0 Å². The molecule has 0 saturated heterocycles. The van der Waals surface area contributed by atoms with Gasteiger partial charge in [-0.1, -0.05) is 234 Å². The maximum atomic E-state index is 2.43. The van der Waals surface area contributed by atoms with Gasteiger partial charge in [0.15, 0.2) is 0 Å². The highest BCUT2D eigenvalue weighted by Crippen LogP contribution is 2.52. The molecule has 0 amide bonds. The third kappa shape index (κ3) is 7.27. The minimum Gasteiger partial charge on any atom is -0.0616 e. The maximum Gasteiger partial charge on any atom is 0.0159 e. The Balaban J connectivity index is 0.683. The Kier molecular flexibility index (Phi) is 10.0. The van der Waals surface area contributed by atoms with E-state index in [0.717, 1.165) is 0 Å². The van der Waals surface area contributed by atoms with Crippen LogP contribution in [0.2, 0.25) is 0 Å². The lowest BCUT2D eigenvalue weighted by molar-refractivity contribution is 0.660. The Morgan fingerprint density at radius 1 is 0.176 bits per heavy atom. The summed E-state index contributed by atoms with van der Waals surface area (Å²) in [5.41, 5.74) is 28.0. The summed E-state index contributed by atoms with van der Waals surface area (Å²) in [6, 6.07) is 95.3. The van der Waals surface area contributed by atoms with Crippen LogP contribution in [0.25, 0.3) is 122 Å². The topological polar surface area (TPSA) is 0 Å². The van der Waals surface area contributed by atoms with E-state index in [1.807, 2.05) is 0 Å². The lowest BCUT2D eigenvalue weighted by atomic mass is 9.80. The minimum atomic E-state index is -0.136. The predicted molar refractivity (Wildman–Crippen MR) is 315 cm³/mol. The van der Waals surface area contributed by atoms with Crippen LogP contribution in [0.1, 0.15) is 49.9 Å². The Morgan fingerprint density at radius 2 is 0.405 bits per heavy atom. The van der Waals surface area contributed by atoms with Crippen molar-refractivity contribution in [2.45, 2.75) is 38.5 Å². The second-order valence-electron chi connectivity index (χ2n) is 21.7. The number of benzene rings is 12. The fraction of sp³-hybridized carbons (Fsp3) is 0.0811. The van der Waals surface area contributed by atoms with E-state index < -0.39 is 0 Å². The van der Waals surface area contributed by atoms with Crippen LogP contribution in [-0.4, -0.2) is 0 Å². The van der Waals surface area contributed by atoms with Gasteiger partial charge in [0, 0.05) is 10.8 Å². The van der Waals surface area contributed by atoms with E-state index in [1.54, 1.807) is 0 Å². The third-order valence-corrected chi connectivity index (χ3v) is 16.7. The smallest absolute Gasteiger partial charge is 0.0159 e. The second-order valence-corrected chi connectivity index (χ2v) is 21.7.